The van der Waals surface area contributed by atoms with E-state index in [1.54, 1.807) is 25.1 Å². The van der Waals surface area contributed by atoms with Crippen LogP contribution >= 0.6 is 0 Å². The molecule has 0 bridgehead atoms. The van der Waals surface area contributed by atoms with E-state index in [-0.39, 0.29) is 5.91 Å². The zero-order chi connectivity index (χ0) is 15.1. The van der Waals surface area contributed by atoms with Gasteiger partial charge >= 0.3 is 5.97 Å². The lowest BCUT2D eigenvalue weighted by molar-refractivity contribution is -0.131. The van der Waals surface area contributed by atoms with Crippen LogP contribution in [0, 0.1) is 0 Å². The minimum absolute atomic E-state index is 0.0634. The van der Waals surface area contributed by atoms with Crippen molar-refractivity contribution in [3.8, 4) is 0 Å². The third-order valence-corrected chi connectivity index (χ3v) is 2.75. The second-order valence-electron chi connectivity index (χ2n) is 4.87. The predicted molar refractivity (Wildman–Crippen MR) is 78.1 cm³/mol. The molecule has 0 aromatic heterocycles. The summed E-state index contributed by atoms with van der Waals surface area (Å²) in [6, 6.07) is 7.57. The van der Waals surface area contributed by atoms with Crippen molar-refractivity contribution in [3.05, 3.63) is 41.5 Å². The van der Waals surface area contributed by atoms with Gasteiger partial charge in [-0.3, -0.25) is 9.69 Å². The van der Waals surface area contributed by atoms with Gasteiger partial charge in [0.15, 0.2) is 0 Å². The molecule has 0 spiro atoms. The second kappa shape index (κ2) is 7.45. The van der Waals surface area contributed by atoms with Gasteiger partial charge in [-0.15, -0.1) is 0 Å². The number of hydrogen-bond donors (Lipinski definition) is 1. The highest BCUT2D eigenvalue weighted by molar-refractivity contribution is 5.85. The molecule has 20 heavy (non-hydrogen) atoms. The van der Waals surface area contributed by atoms with Crippen molar-refractivity contribution in [3.63, 3.8) is 0 Å². The Bertz CT molecular complexity index is 492. The average molecular weight is 276 g/mol. The number of likely N-dealkylation sites (N-methyl/N-ethyl adjacent to an activating group) is 2. The fourth-order valence-electron chi connectivity index (χ4n) is 1.64. The Balaban J connectivity index is 2.57. The maximum Gasteiger partial charge on any atom is 0.328 e. The smallest absolute Gasteiger partial charge is 0.328 e. The maximum absolute atomic E-state index is 11.6. The van der Waals surface area contributed by atoms with E-state index in [9.17, 15) is 9.59 Å². The van der Waals surface area contributed by atoms with Crippen LogP contribution < -0.4 is 0 Å². The number of carbonyl (C=O) groups is 2. The molecule has 5 nitrogen and oxygen atoms in total. The van der Waals surface area contributed by atoms with Crippen molar-refractivity contribution < 1.29 is 14.7 Å². The van der Waals surface area contributed by atoms with Crippen molar-refractivity contribution >= 4 is 18.0 Å². The molecule has 5 heteroatoms. The van der Waals surface area contributed by atoms with Crippen LogP contribution in [0.4, 0.5) is 0 Å². The van der Waals surface area contributed by atoms with Gasteiger partial charge in [-0.2, -0.15) is 0 Å². The number of carbonyl (C=O) groups excluding carboxylic acids is 1. The van der Waals surface area contributed by atoms with Crippen LogP contribution in [0.25, 0.3) is 6.08 Å². The zero-order valence-corrected chi connectivity index (χ0v) is 12.0. The number of nitrogens with zero attached hydrogens (tertiary/aromatic N) is 2. The number of amides is 1. The molecule has 0 aliphatic carbocycles. The Kier molecular flexibility index (Phi) is 5.93. The van der Waals surface area contributed by atoms with Crippen LogP contribution in [0.2, 0.25) is 0 Å². The quantitative estimate of drug-likeness (QED) is 0.796. The second-order valence-corrected chi connectivity index (χ2v) is 4.87. The standard InChI is InChI=1S/C15H20N2O3/c1-16(2)14(18)11-17(3)10-13-6-4-12(5-7-13)8-9-15(19)20/h4-9H,10-11H2,1-3H3,(H,19,20). The van der Waals surface area contributed by atoms with Crippen LogP contribution in [0.15, 0.2) is 30.3 Å². The molecule has 1 rings (SSSR count). The first-order valence-electron chi connectivity index (χ1n) is 6.27. The Hall–Kier alpha value is -2.14. The van der Waals surface area contributed by atoms with Crippen molar-refractivity contribution in [2.24, 2.45) is 0 Å². The lowest BCUT2D eigenvalue weighted by Gasteiger charge is -2.18. The van der Waals surface area contributed by atoms with Crippen LogP contribution in [0.3, 0.4) is 0 Å². The van der Waals surface area contributed by atoms with E-state index in [1.807, 2.05) is 36.2 Å². The maximum atomic E-state index is 11.6. The summed E-state index contributed by atoms with van der Waals surface area (Å²) in [7, 11) is 5.36. The Morgan fingerprint density at radius 1 is 1.15 bits per heavy atom. The van der Waals surface area contributed by atoms with E-state index in [0.29, 0.717) is 13.1 Å². The van der Waals surface area contributed by atoms with Crippen LogP contribution in [-0.2, 0) is 16.1 Å². The van der Waals surface area contributed by atoms with Gasteiger partial charge in [-0.05, 0) is 24.3 Å². The molecule has 0 aliphatic rings. The molecule has 0 atom stereocenters. The first kappa shape index (κ1) is 15.9. The Morgan fingerprint density at radius 2 is 1.75 bits per heavy atom. The molecule has 1 aromatic carbocycles. The fraction of sp³-hybridized carbons (Fsp3) is 0.333. The molecule has 108 valence electrons. The third kappa shape index (κ3) is 5.67. The van der Waals surface area contributed by atoms with Gasteiger partial charge in [-0.1, -0.05) is 24.3 Å². The number of hydrogen-bond acceptors (Lipinski definition) is 3. The molecular formula is C15H20N2O3. The largest absolute Gasteiger partial charge is 0.478 e. The minimum Gasteiger partial charge on any atom is -0.478 e. The highest BCUT2D eigenvalue weighted by Crippen LogP contribution is 2.08. The third-order valence-electron chi connectivity index (χ3n) is 2.75. The Morgan fingerprint density at radius 3 is 2.25 bits per heavy atom. The monoisotopic (exact) mass is 276 g/mol. The molecule has 0 aliphatic heterocycles. The summed E-state index contributed by atoms with van der Waals surface area (Å²) in [6.45, 7) is 1.04. The number of carboxylic acids is 1. The number of carboxylic acid groups (broad SMARTS) is 1. The van der Waals surface area contributed by atoms with Crippen LogP contribution in [0.5, 0.6) is 0 Å². The SMILES string of the molecule is CN(CC(=O)N(C)C)Cc1ccc(C=CC(=O)O)cc1. The molecular weight excluding hydrogens is 256 g/mol. The number of benzene rings is 1. The molecule has 0 fully saturated rings. The molecule has 0 saturated heterocycles. The molecule has 0 unspecified atom stereocenters. The fourth-order valence-corrected chi connectivity index (χ4v) is 1.64. The molecule has 0 saturated carbocycles. The molecule has 1 aromatic rings. The van der Waals surface area contributed by atoms with Gasteiger partial charge in [0, 0.05) is 26.7 Å². The topological polar surface area (TPSA) is 60.9 Å². The molecule has 1 amide bonds. The lowest BCUT2D eigenvalue weighted by atomic mass is 10.1. The van der Waals surface area contributed by atoms with Gasteiger partial charge < -0.3 is 10.0 Å². The van der Waals surface area contributed by atoms with Crippen molar-refractivity contribution in [1.82, 2.24) is 9.80 Å². The van der Waals surface area contributed by atoms with Gasteiger partial charge in [0.1, 0.15) is 0 Å². The van der Waals surface area contributed by atoms with Crippen molar-refractivity contribution in [1.29, 1.82) is 0 Å². The lowest BCUT2D eigenvalue weighted by Crippen LogP contribution is -2.34. The van der Waals surface area contributed by atoms with E-state index in [0.717, 1.165) is 17.2 Å². The predicted octanol–water partition coefficient (Wildman–Crippen LogP) is 1.30. The van der Waals surface area contributed by atoms with E-state index < -0.39 is 5.97 Å². The van der Waals surface area contributed by atoms with E-state index in [4.69, 9.17) is 5.11 Å². The van der Waals surface area contributed by atoms with E-state index in [1.165, 1.54) is 0 Å². The first-order chi connectivity index (χ1) is 9.38. The number of aliphatic carboxylic acids is 1. The average Bonchev–Trinajstić information content (AvgIpc) is 2.37. The summed E-state index contributed by atoms with van der Waals surface area (Å²) in [5.74, 6) is -0.899. The highest BCUT2D eigenvalue weighted by Gasteiger charge is 2.08. The minimum atomic E-state index is -0.962. The summed E-state index contributed by atoms with van der Waals surface area (Å²) >= 11 is 0. The van der Waals surface area contributed by atoms with Crippen molar-refractivity contribution in [2.45, 2.75) is 6.54 Å². The first-order valence-corrected chi connectivity index (χ1v) is 6.27. The molecule has 1 N–H and O–H groups in total. The number of rotatable bonds is 6. The van der Waals surface area contributed by atoms with Gasteiger partial charge in [-0.25, -0.2) is 4.79 Å². The Labute approximate surface area is 119 Å². The molecule has 0 heterocycles. The van der Waals surface area contributed by atoms with Crippen LogP contribution in [0.1, 0.15) is 11.1 Å². The van der Waals surface area contributed by atoms with Gasteiger partial charge in [0.2, 0.25) is 5.91 Å². The summed E-state index contributed by atoms with van der Waals surface area (Å²) in [4.78, 5) is 25.5. The summed E-state index contributed by atoms with van der Waals surface area (Å²) < 4.78 is 0. The summed E-state index contributed by atoms with van der Waals surface area (Å²) in [6.07, 6.45) is 2.66. The van der Waals surface area contributed by atoms with E-state index >= 15 is 0 Å². The van der Waals surface area contributed by atoms with Crippen molar-refractivity contribution in [2.75, 3.05) is 27.7 Å². The highest BCUT2D eigenvalue weighted by atomic mass is 16.4. The van der Waals surface area contributed by atoms with E-state index in [2.05, 4.69) is 0 Å². The molecule has 0 radical (unpaired) electrons. The summed E-state index contributed by atoms with van der Waals surface area (Å²) in [5, 5.41) is 8.55. The van der Waals surface area contributed by atoms with Crippen LogP contribution in [-0.4, -0.2) is 54.5 Å². The van der Waals surface area contributed by atoms with Gasteiger partial charge in [0.25, 0.3) is 0 Å². The summed E-state index contributed by atoms with van der Waals surface area (Å²) in [5.41, 5.74) is 1.91. The zero-order valence-electron chi connectivity index (χ0n) is 12.0. The van der Waals surface area contributed by atoms with Gasteiger partial charge in [0.05, 0.1) is 6.54 Å². The normalized spacial score (nSPS) is 11.0.